The Balaban J connectivity index is 2.52. The maximum absolute atomic E-state index is 12.5. The van der Waals surface area contributed by atoms with E-state index in [-0.39, 0.29) is 10.7 Å². The average Bonchev–Trinajstić information content (AvgIpc) is 2.70. The van der Waals surface area contributed by atoms with Crippen LogP contribution in [0.1, 0.15) is 17.1 Å². The summed E-state index contributed by atoms with van der Waals surface area (Å²) < 4.78 is 30.6. The molecule has 0 spiro atoms. The fourth-order valence-corrected chi connectivity index (χ4v) is 3.56. The summed E-state index contributed by atoms with van der Waals surface area (Å²) in [7, 11) is -0.399. The molecule has 110 valence electrons. The summed E-state index contributed by atoms with van der Waals surface area (Å²) in [4.78, 5) is 0.00246. The molecule has 2 aromatic heterocycles. The average molecular weight is 298 g/mol. The molecule has 2 rings (SSSR count). The van der Waals surface area contributed by atoms with Crippen LogP contribution >= 0.6 is 0 Å². The van der Waals surface area contributed by atoms with Crippen molar-refractivity contribution in [3.63, 3.8) is 0 Å². The van der Waals surface area contributed by atoms with Gasteiger partial charge in [-0.25, -0.2) is 8.42 Å². The topological polar surface area (TPSA) is 108 Å². The molecule has 0 saturated heterocycles. The summed E-state index contributed by atoms with van der Waals surface area (Å²) in [6, 6.07) is 0. The lowest BCUT2D eigenvalue weighted by atomic mass is 10.3. The molecule has 0 aliphatic rings. The predicted octanol–water partition coefficient (Wildman–Crippen LogP) is 0.462. The zero-order valence-corrected chi connectivity index (χ0v) is 12.9. The molecule has 2 aromatic rings. The van der Waals surface area contributed by atoms with Gasteiger partial charge in [-0.3, -0.25) is 14.1 Å². The second-order valence-electron chi connectivity index (χ2n) is 4.70. The van der Waals surface area contributed by atoms with Crippen molar-refractivity contribution >= 4 is 21.5 Å². The minimum Gasteiger partial charge on any atom is -0.381 e. The number of aromatic nitrogens is 4. The van der Waals surface area contributed by atoms with E-state index in [2.05, 4.69) is 14.9 Å². The van der Waals surface area contributed by atoms with Crippen LogP contribution in [0.3, 0.4) is 0 Å². The van der Waals surface area contributed by atoms with Crippen molar-refractivity contribution in [3.05, 3.63) is 17.1 Å². The van der Waals surface area contributed by atoms with Crippen LogP contribution in [0.15, 0.2) is 4.90 Å². The van der Waals surface area contributed by atoms with Gasteiger partial charge in [0, 0.05) is 14.1 Å². The number of hydrogen-bond acceptors (Lipinski definition) is 5. The number of hydrogen-bond donors (Lipinski definition) is 2. The van der Waals surface area contributed by atoms with Crippen molar-refractivity contribution in [2.24, 2.45) is 14.1 Å². The lowest BCUT2D eigenvalue weighted by molar-refractivity contribution is 0.600. The number of anilines is 2. The second-order valence-corrected chi connectivity index (χ2v) is 6.32. The Kier molecular flexibility index (Phi) is 3.24. The van der Waals surface area contributed by atoms with E-state index in [9.17, 15) is 8.42 Å². The first-order valence-corrected chi connectivity index (χ1v) is 7.45. The third-order valence-corrected chi connectivity index (χ3v) is 4.83. The molecule has 3 N–H and O–H groups in total. The SMILES string of the molecule is Cc1nn(C)c(C)c1NS(=O)(=O)c1c(N)nn(C)c1C. The zero-order valence-electron chi connectivity index (χ0n) is 12.1. The fraction of sp³-hybridized carbons (Fsp3) is 0.455. The van der Waals surface area contributed by atoms with Gasteiger partial charge in [-0.05, 0) is 20.8 Å². The Morgan fingerprint density at radius 2 is 1.60 bits per heavy atom. The van der Waals surface area contributed by atoms with Gasteiger partial charge in [0.15, 0.2) is 10.7 Å². The number of rotatable bonds is 3. The van der Waals surface area contributed by atoms with Gasteiger partial charge in [-0.2, -0.15) is 10.2 Å². The van der Waals surface area contributed by atoms with Crippen LogP contribution in [-0.4, -0.2) is 28.0 Å². The highest BCUT2D eigenvalue weighted by atomic mass is 32.2. The normalized spacial score (nSPS) is 11.8. The monoisotopic (exact) mass is 298 g/mol. The van der Waals surface area contributed by atoms with Gasteiger partial charge in [-0.15, -0.1) is 0 Å². The third kappa shape index (κ3) is 2.13. The molecule has 0 aliphatic heterocycles. The van der Waals surface area contributed by atoms with E-state index >= 15 is 0 Å². The van der Waals surface area contributed by atoms with Crippen molar-refractivity contribution in [3.8, 4) is 0 Å². The van der Waals surface area contributed by atoms with Crippen LogP contribution in [0.5, 0.6) is 0 Å². The van der Waals surface area contributed by atoms with Gasteiger partial charge in [0.1, 0.15) is 0 Å². The third-order valence-electron chi connectivity index (χ3n) is 3.32. The molecule has 0 aliphatic carbocycles. The van der Waals surface area contributed by atoms with Gasteiger partial charge in [0.25, 0.3) is 10.0 Å². The lowest BCUT2D eigenvalue weighted by Crippen LogP contribution is -2.16. The molecule has 0 fully saturated rings. The number of nitrogens with zero attached hydrogens (tertiary/aromatic N) is 4. The van der Waals surface area contributed by atoms with Crippen LogP contribution < -0.4 is 10.5 Å². The van der Waals surface area contributed by atoms with Crippen molar-refractivity contribution in [2.75, 3.05) is 10.5 Å². The molecule has 0 aromatic carbocycles. The van der Waals surface area contributed by atoms with E-state index in [1.165, 1.54) is 4.68 Å². The van der Waals surface area contributed by atoms with E-state index < -0.39 is 10.0 Å². The Bertz CT molecular complexity index is 771. The highest BCUT2D eigenvalue weighted by molar-refractivity contribution is 7.93. The number of nitrogens with two attached hydrogens (primary N) is 1. The first-order valence-electron chi connectivity index (χ1n) is 5.97. The molecule has 0 bridgehead atoms. The standard InChI is InChI=1S/C11H18N6O2S/c1-6-9(7(2)16(4)13-6)15-20(18,19)10-8(3)17(5)14-11(10)12/h15H,1-5H3,(H2,12,14). The highest BCUT2D eigenvalue weighted by Crippen LogP contribution is 2.26. The van der Waals surface area contributed by atoms with E-state index in [0.29, 0.717) is 17.1 Å². The Morgan fingerprint density at radius 3 is 2.00 bits per heavy atom. The van der Waals surface area contributed by atoms with Crippen molar-refractivity contribution in [1.29, 1.82) is 0 Å². The molecule has 8 nitrogen and oxygen atoms in total. The summed E-state index contributed by atoms with van der Waals surface area (Å²) >= 11 is 0. The van der Waals surface area contributed by atoms with Crippen molar-refractivity contribution < 1.29 is 8.42 Å². The Morgan fingerprint density at radius 1 is 1.05 bits per heavy atom. The van der Waals surface area contributed by atoms with Crippen LogP contribution in [0, 0.1) is 20.8 Å². The highest BCUT2D eigenvalue weighted by Gasteiger charge is 2.26. The largest absolute Gasteiger partial charge is 0.381 e. The summed E-state index contributed by atoms with van der Waals surface area (Å²) in [5, 5.41) is 8.10. The molecule has 20 heavy (non-hydrogen) atoms. The molecule has 0 amide bonds. The lowest BCUT2D eigenvalue weighted by Gasteiger charge is -2.08. The van der Waals surface area contributed by atoms with Gasteiger partial charge < -0.3 is 5.73 Å². The van der Waals surface area contributed by atoms with Gasteiger partial charge in [0.2, 0.25) is 0 Å². The quantitative estimate of drug-likeness (QED) is 0.856. The second kappa shape index (κ2) is 4.51. The Hall–Kier alpha value is -2.03. The maximum atomic E-state index is 12.5. The molecular formula is C11H18N6O2S. The fourth-order valence-electron chi connectivity index (χ4n) is 2.05. The van der Waals surface area contributed by atoms with E-state index in [1.807, 2.05) is 0 Å². The van der Waals surface area contributed by atoms with Crippen molar-refractivity contribution in [2.45, 2.75) is 25.7 Å². The number of sulfonamides is 1. The molecule has 0 saturated carbocycles. The van der Waals surface area contributed by atoms with Crippen LogP contribution in [0.25, 0.3) is 0 Å². The van der Waals surface area contributed by atoms with E-state index in [1.54, 1.807) is 39.5 Å². The minimum absolute atomic E-state index is 0.00246. The Labute approximate surface area is 117 Å². The smallest absolute Gasteiger partial charge is 0.267 e. The van der Waals surface area contributed by atoms with Crippen molar-refractivity contribution in [1.82, 2.24) is 19.6 Å². The summed E-state index contributed by atoms with van der Waals surface area (Å²) in [6.45, 7) is 5.18. The molecule has 0 atom stereocenters. The molecular weight excluding hydrogens is 280 g/mol. The summed E-state index contributed by atoms with van der Waals surface area (Å²) in [5.74, 6) is -0.0169. The maximum Gasteiger partial charge on any atom is 0.267 e. The number of aryl methyl sites for hydroxylation is 3. The molecule has 2 heterocycles. The zero-order chi connectivity index (χ0) is 15.2. The van der Waals surface area contributed by atoms with Crippen LogP contribution in [-0.2, 0) is 24.1 Å². The van der Waals surface area contributed by atoms with Gasteiger partial charge >= 0.3 is 0 Å². The molecule has 9 heteroatoms. The molecule has 0 radical (unpaired) electrons. The van der Waals surface area contributed by atoms with E-state index in [0.717, 1.165) is 5.69 Å². The van der Waals surface area contributed by atoms with E-state index in [4.69, 9.17) is 5.73 Å². The molecule has 0 unspecified atom stereocenters. The van der Waals surface area contributed by atoms with Gasteiger partial charge in [-0.1, -0.05) is 0 Å². The first-order chi connectivity index (χ1) is 9.15. The number of nitrogens with one attached hydrogen (secondary N) is 1. The van der Waals surface area contributed by atoms with Gasteiger partial charge in [0.05, 0.1) is 22.8 Å². The minimum atomic E-state index is -3.80. The summed E-state index contributed by atoms with van der Waals surface area (Å²) in [5.41, 5.74) is 7.97. The summed E-state index contributed by atoms with van der Waals surface area (Å²) in [6.07, 6.45) is 0. The van der Waals surface area contributed by atoms with Crippen LogP contribution in [0.2, 0.25) is 0 Å². The number of nitrogen functional groups attached to an aromatic ring is 1. The van der Waals surface area contributed by atoms with Crippen LogP contribution in [0.4, 0.5) is 11.5 Å². The first kappa shape index (κ1) is 14.4. The predicted molar refractivity (Wildman–Crippen MR) is 75.8 cm³/mol.